The van der Waals surface area contributed by atoms with Crippen LogP contribution in [0.4, 0.5) is 28.4 Å². The van der Waals surface area contributed by atoms with Crippen LogP contribution in [0.3, 0.4) is 0 Å². The van der Waals surface area contributed by atoms with Crippen molar-refractivity contribution < 1.29 is 0 Å². The van der Waals surface area contributed by atoms with Crippen LogP contribution in [0.1, 0.15) is 30.4 Å². The number of anilines is 5. The molecule has 1 saturated heterocycles. The normalized spacial score (nSPS) is 13.1. The first-order chi connectivity index (χ1) is 18.4. The maximum absolute atomic E-state index is 13.0. The molecule has 0 radical (unpaired) electrons. The van der Waals surface area contributed by atoms with Crippen molar-refractivity contribution in [3.05, 3.63) is 79.3 Å². The third-order valence-corrected chi connectivity index (χ3v) is 7.68. The Morgan fingerprint density at radius 2 is 1.63 bits per heavy atom. The number of fused-ring (bicyclic) bond motifs is 1. The third kappa shape index (κ3) is 4.70. The van der Waals surface area contributed by atoms with Crippen LogP contribution in [0.2, 0.25) is 15.1 Å². The standard InChI is InChI=1S/C27H20Cl3N7O/c28-22-17(12-31)23(29)24(30)25(18(22)13-32)36-20-8-7-19(21-26(20)33-14-34-27(21)38)35-15-5-4-6-16(11-15)37-9-2-1-3-10-37/h4-8,11,14,35-36H,1-3,9-10H2,(H,33,34,38). The molecule has 11 heteroatoms. The SMILES string of the molecule is N#Cc1c(Cl)c(Cl)c(Nc2ccc(Nc3cccc(N4CCCCC4)c3)c3c(=O)[nH]cnc23)c(C#N)c1Cl. The first kappa shape index (κ1) is 25.7. The van der Waals surface area contributed by atoms with E-state index in [1.54, 1.807) is 12.1 Å². The Bertz CT molecular complexity index is 1700. The summed E-state index contributed by atoms with van der Waals surface area (Å²) in [7, 11) is 0. The molecule has 1 aliphatic heterocycles. The first-order valence-corrected chi connectivity index (χ1v) is 13.0. The van der Waals surface area contributed by atoms with E-state index in [2.05, 4.69) is 37.6 Å². The fourth-order valence-corrected chi connectivity index (χ4v) is 5.38. The largest absolute Gasteiger partial charge is 0.371 e. The van der Waals surface area contributed by atoms with Crippen molar-refractivity contribution in [2.24, 2.45) is 0 Å². The van der Waals surface area contributed by atoms with Gasteiger partial charge in [0.25, 0.3) is 5.56 Å². The molecule has 0 spiro atoms. The van der Waals surface area contributed by atoms with Gasteiger partial charge in [0.05, 0.1) is 55.0 Å². The fourth-order valence-electron chi connectivity index (χ4n) is 4.59. The van der Waals surface area contributed by atoms with Crippen LogP contribution < -0.4 is 21.1 Å². The number of piperidine rings is 1. The summed E-state index contributed by atoms with van der Waals surface area (Å²) in [6, 6.07) is 15.4. The number of nitriles is 2. The molecule has 3 N–H and O–H groups in total. The lowest BCUT2D eigenvalue weighted by molar-refractivity contribution is 0.578. The summed E-state index contributed by atoms with van der Waals surface area (Å²) in [5.74, 6) is 0. The van der Waals surface area contributed by atoms with Crippen LogP contribution in [0, 0.1) is 22.7 Å². The van der Waals surface area contributed by atoms with E-state index < -0.39 is 0 Å². The highest BCUT2D eigenvalue weighted by Crippen LogP contribution is 2.43. The molecule has 1 aromatic heterocycles. The van der Waals surface area contributed by atoms with Gasteiger partial charge in [-0.2, -0.15) is 10.5 Å². The van der Waals surface area contributed by atoms with E-state index in [9.17, 15) is 15.3 Å². The molecule has 3 aromatic carbocycles. The molecule has 8 nitrogen and oxygen atoms in total. The van der Waals surface area contributed by atoms with Crippen molar-refractivity contribution in [3.63, 3.8) is 0 Å². The minimum absolute atomic E-state index is 0.0427. The molecular weight excluding hydrogens is 545 g/mol. The average molecular weight is 565 g/mol. The number of H-pyrrole nitrogens is 1. The maximum atomic E-state index is 13.0. The highest BCUT2D eigenvalue weighted by Gasteiger charge is 2.23. The van der Waals surface area contributed by atoms with Gasteiger partial charge in [0.15, 0.2) is 0 Å². The number of aromatic nitrogens is 2. The van der Waals surface area contributed by atoms with E-state index >= 15 is 0 Å². The van der Waals surface area contributed by atoms with E-state index in [0.717, 1.165) is 24.5 Å². The Balaban J connectivity index is 1.56. The predicted molar refractivity (Wildman–Crippen MR) is 152 cm³/mol. The minimum atomic E-state index is -0.351. The van der Waals surface area contributed by atoms with Crippen LogP contribution in [0.15, 0.2) is 47.5 Å². The number of aromatic amines is 1. The van der Waals surface area contributed by atoms with Gasteiger partial charge in [0.2, 0.25) is 0 Å². The van der Waals surface area contributed by atoms with E-state index in [0.29, 0.717) is 22.3 Å². The molecule has 0 bridgehead atoms. The molecule has 0 saturated carbocycles. The topological polar surface area (TPSA) is 121 Å². The van der Waals surface area contributed by atoms with E-state index in [1.165, 1.54) is 25.6 Å². The second-order valence-corrected chi connectivity index (χ2v) is 9.89. The van der Waals surface area contributed by atoms with Crippen LogP contribution in [-0.4, -0.2) is 23.1 Å². The van der Waals surface area contributed by atoms with Crippen molar-refractivity contribution in [1.82, 2.24) is 9.97 Å². The second kappa shape index (κ2) is 10.8. The van der Waals surface area contributed by atoms with Gasteiger partial charge in [-0.3, -0.25) is 4.79 Å². The number of hydrogen-bond donors (Lipinski definition) is 3. The van der Waals surface area contributed by atoms with Gasteiger partial charge in [0.1, 0.15) is 17.7 Å². The smallest absolute Gasteiger partial charge is 0.260 e. The quantitative estimate of drug-likeness (QED) is 0.221. The van der Waals surface area contributed by atoms with Gasteiger partial charge >= 0.3 is 0 Å². The summed E-state index contributed by atoms with van der Waals surface area (Å²) in [5, 5.41) is 25.6. The zero-order chi connectivity index (χ0) is 26.8. The lowest BCUT2D eigenvalue weighted by atomic mass is 10.1. The van der Waals surface area contributed by atoms with Gasteiger partial charge in [-0.05, 0) is 49.6 Å². The molecule has 1 fully saturated rings. The summed E-state index contributed by atoms with van der Waals surface area (Å²) in [4.78, 5) is 22.3. The molecule has 1 aliphatic rings. The Morgan fingerprint density at radius 1 is 0.895 bits per heavy atom. The Kier molecular flexibility index (Phi) is 7.31. The van der Waals surface area contributed by atoms with Gasteiger partial charge in [-0.15, -0.1) is 0 Å². The zero-order valence-electron chi connectivity index (χ0n) is 19.9. The molecule has 0 unspecified atom stereocenters. The van der Waals surface area contributed by atoms with Crippen molar-refractivity contribution in [1.29, 1.82) is 10.5 Å². The minimum Gasteiger partial charge on any atom is -0.371 e. The number of halogens is 3. The molecular formula is C27H20Cl3N7O. The molecule has 2 heterocycles. The molecule has 0 aliphatic carbocycles. The first-order valence-electron chi connectivity index (χ1n) is 11.8. The van der Waals surface area contributed by atoms with E-state index in [1.807, 2.05) is 24.3 Å². The molecule has 0 atom stereocenters. The highest BCUT2D eigenvalue weighted by atomic mass is 35.5. The molecule has 190 valence electrons. The third-order valence-electron chi connectivity index (χ3n) is 6.44. The lowest BCUT2D eigenvalue weighted by Gasteiger charge is -2.29. The lowest BCUT2D eigenvalue weighted by Crippen LogP contribution is -2.29. The molecule has 5 rings (SSSR count). The van der Waals surface area contributed by atoms with Crippen LogP contribution in [-0.2, 0) is 0 Å². The molecule has 4 aromatic rings. The number of hydrogen-bond acceptors (Lipinski definition) is 7. The van der Waals surface area contributed by atoms with Crippen LogP contribution in [0.5, 0.6) is 0 Å². The summed E-state index contributed by atoms with van der Waals surface area (Å²) in [5.41, 5.74) is 2.86. The Morgan fingerprint density at radius 3 is 2.37 bits per heavy atom. The summed E-state index contributed by atoms with van der Waals surface area (Å²) in [6.07, 6.45) is 4.89. The van der Waals surface area contributed by atoms with Crippen LogP contribution in [0.25, 0.3) is 10.9 Å². The molecule has 38 heavy (non-hydrogen) atoms. The van der Waals surface area contributed by atoms with Crippen molar-refractivity contribution >= 4 is 74.1 Å². The van der Waals surface area contributed by atoms with E-state index in [4.69, 9.17) is 34.8 Å². The fraction of sp³-hybridized carbons (Fsp3) is 0.185. The van der Waals surface area contributed by atoms with Gasteiger partial charge in [0, 0.05) is 24.5 Å². The zero-order valence-corrected chi connectivity index (χ0v) is 22.2. The maximum Gasteiger partial charge on any atom is 0.260 e. The van der Waals surface area contributed by atoms with Gasteiger partial charge in [-0.1, -0.05) is 40.9 Å². The number of benzene rings is 3. The predicted octanol–water partition coefficient (Wildman–Crippen LogP) is 7.10. The van der Waals surface area contributed by atoms with Crippen molar-refractivity contribution in [2.45, 2.75) is 19.3 Å². The van der Waals surface area contributed by atoms with Gasteiger partial charge < -0.3 is 20.5 Å². The number of rotatable bonds is 5. The van der Waals surface area contributed by atoms with E-state index in [-0.39, 0.29) is 37.4 Å². The molecule has 0 amide bonds. The summed E-state index contributed by atoms with van der Waals surface area (Å²) < 4.78 is 0. The summed E-state index contributed by atoms with van der Waals surface area (Å²) >= 11 is 19.0. The van der Waals surface area contributed by atoms with Crippen molar-refractivity contribution in [2.75, 3.05) is 28.6 Å². The van der Waals surface area contributed by atoms with Crippen molar-refractivity contribution in [3.8, 4) is 12.1 Å². The second-order valence-electron chi connectivity index (χ2n) is 8.75. The monoisotopic (exact) mass is 563 g/mol. The Labute approximate surface area is 233 Å². The van der Waals surface area contributed by atoms with Crippen LogP contribution >= 0.6 is 34.8 Å². The number of nitrogens with one attached hydrogen (secondary N) is 3. The van der Waals surface area contributed by atoms with Gasteiger partial charge in [-0.25, -0.2) is 4.98 Å². The number of nitrogens with zero attached hydrogens (tertiary/aromatic N) is 4. The summed E-state index contributed by atoms with van der Waals surface area (Å²) in [6.45, 7) is 2.04. The Hall–Kier alpha value is -3.95. The average Bonchev–Trinajstić information content (AvgIpc) is 2.94. The highest BCUT2D eigenvalue weighted by molar-refractivity contribution is 6.46.